The Bertz CT molecular complexity index is 930. The van der Waals surface area contributed by atoms with Crippen molar-refractivity contribution < 1.29 is 18.8 Å². The van der Waals surface area contributed by atoms with Crippen molar-refractivity contribution in [1.29, 1.82) is 0 Å². The monoisotopic (exact) mass is 338 g/mol. The van der Waals surface area contributed by atoms with Crippen molar-refractivity contribution in [1.82, 2.24) is 0 Å². The zero-order valence-electron chi connectivity index (χ0n) is 12.8. The topological polar surface area (TPSA) is 81.8 Å². The second-order valence-electron chi connectivity index (χ2n) is 5.08. The average molecular weight is 338 g/mol. The molecule has 25 heavy (non-hydrogen) atoms. The molecule has 0 saturated heterocycles. The lowest BCUT2D eigenvalue weighted by Crippen LogP contribution is -2.05. The Morgan fingerprint density at radius 1 is 1.16 bits per heavy atom. The summed E-state index contributed by atoms with van der Waals surface area (Å²) in [5, 5.41) is 10.6. The van der Waals surface area contributed by atoms with Gasteiger partial charge in [-0.3, -0.25) is 10.1 Å². The molecule has 0 aliphatic carbocycles. The van der Waals surface area contributed by atoms with Crippen LogP contribution in [0.25, 0.3) is 6.08 Å². The van der Waals surface area contributed by atoms with E-state index in [0.29, 0.717) is 5.56 Å². The second-order valence-corrected chi connectivity index (χ2v) is 5.08. The number of cyclic esters (lactones) is 1. The quantitative estimate of drug-likeness (QED) is 0.369. The van der Waals surface area contributed by atoms with Gasteiger partial charge < -0.3 is 4.74 Å². The smallest absolute Gasteiger partial charge is 0.363 e. The summed E-state index contributed by atoms with van der Waals surface area (Å²) in [5.41, 5.74) is 1.18. The fourth-order valence-electron chi connectivity index (χ4n) is 2.13. The standard InChI is InChI=1S/C18H11FN2O4/c19-14-5-2-4-13(11-14)17-20-16(18(22)25-17)6-1-3-12-7-9-15(10-8-12)21(23)24/h1-11H. The number of nitro groups is 1. The maximum absolute atomic E-state index is 13.2. The predicted octanol–water partition coefficient (Wildman–Crippen LogP) is 3.63. The van der Waals surface area contributed by atoms with Crippen LogP contribution in [-0.2, 0) is 9.53 Å². The maximum atomic E-state index is 13.2. The van der Waals surface area contributed by atoms with Crippen LogP contribution < -0.4 is 0 Å². The molecule has 0 unspecified atom stereocenters. The van der Waals surface area contributed by atoms with Gasteiger partial charge in [0.15, 0.2) is 5.70 Å². The molecular weight excluding hydrogens is 327 g/mol. The number of hydrogen-bond donors (Lipinski definition) is 0. The number of hydrogen-bond acceptors (Lipinski definition) is 5. The molecule has 0 fully saturated rings. The fourth-order valence-corrected chi connectivity index (χ4v) is 2.13. The molecule has 6 nitrogen and oxygen atoms in total. The molecule has 1 aliphatic rings. The number of halogens is 1. The van der Waals surface area contributed by atoms with Crippen LogP contribution in [0, 0.1) is 15.9 Å². The van der Waals surface area contributed by atoms with E-state index in [0.717, 1.165) is 5.56 Å². The highest BCUT2D eigenvalue weighted by Crippen LogP contribution is 2.18. The zero-order chi connectivity index (χ0) is 17.8. The van der Waals surface area contributed by atoms with Crippen molar-refractivity contribution in [3.8, 4) is 0 Å². The number of carbonyl (C=O) groups is 1. The molecule has 7 heteroatoms. The zero-order valence-corrected chi connectivity index (χ0v) is 12.8. The molecule has 0 saturated carbocycles. The summed E-state index contributed by atoms with van der Waals surface area (Å²) in [6.07, 6.45) is 4.70. The van der Waals surface area contributed by atoms with E-state index < -0.39 is 16.7 Å². The largest absolute Gasteiger partial charge is 0.402 e. The van der Waals surface area contributed by atoms with E-state index >= 15 is 0 Å². The van der Waals surface area contributed by atoms with Gasteiger partial charge in [0.1, 0.15) is 5.82 Å². The molecule has 0 aromatic heterocycles. The number of nitrogens with zero attached hydrogens (tertiary/aromatic N) is 2. The van der Waals surface area contributed by atoms with E-state index in [4.69, 9.17) is 4.74 Å². The Morgan fingerprint density at radius 3 is 2.60 bits per heavy atom. The van der Waals surface area contributed by atoms with Crippen LogP contribution in [0.15, 0.2) is 71.4 Å². The van der Waals surface area contributed by atoms with Gasteiger partial charge in [-0.1, -0.05) is 18.2 Å². The van der Waals surface area contributed by atoms with Gasteiger partial charge in [0.05, 0.1) is 4.92 Å². The van der Waals surface area contributed by atoms with E-state index in [-0.39, 0.29) is 17.3 Å². The Balaban J connectivity index is 1.76. The van der Waals surface area contributed by atoms with Crippen LogP contribution in [-0.4, -0.2) is 16.8 Å². The molecule has 1 heterocycles. The van der Waals surface area contributed by atoms with Crippen molar-refractivity contribution in [2.24, 2.45) is 4.99 Å². The molecule has 2 aromatic carbocycles. The summed E-state index contributed by atoms with van der Waals surface area (Å²) in [4.78, 5) is 26.0. The first kappa shape index (κ1) is 16.3. The number of allylic oxidation sites excluding steroid dienone is 2. The first-order valence-corrected chi connectivity index (χ1v) is 7.22. The molecule has 2 aromatic rings. The molecule has 0 N–H and O–H groups in total. The first-order valence-electron chi connectivity index (χ1n) is 7.22. The normalized spacial score (nSPS) is 15.5. The molecular formula is C18H11FN2O4. The lowest BCUT2D eigenvalue weighted by Gasteiger charge is -1.98. The van der Waals surface area contributed by atoms with Gasteiger partial charge in [0, 0.05) is 17.7 Å². The molecule has 124 valence electrons. The van der Waals surface area contributed by atoms with Gasteiger partial charge in [-0.2, -0.15) is 0 Å². The summed E-state index contributed by atoms with van der Waals surface area (Å²) < 4.78 is 18.2. The maximum Gasteiger partial charge on any atom is 0.363 e. The van der Waals surface area contributed by atoms with Gasteiger partial charge >= 0.3 is 5.97 Å². The number of aliphatic imine (C=N–C) groups is 1. The summed E-state index contributed by atoms with van der Waals surface area (Å²) >= 11 is 0. The van der Waals surface area contributed by atoms with E-state index in [1.54, 1.807) is 30.4 Å². The van der Waals surface area contributed by atoms with Gasteiger partial charge in [-0.15, -0.1) is 0 Å². The third kappa shape index (κ3) is 3.84. The van der Waals surface area contributed by atoms with Crippen LogP contribution in [0.3, 0.4) is 0 Å². The highest BCUT2D eigenvalue weighted by Gasteiger charge is 2.23. The third-order valence-electron chi connectivity index (χ3n) is 3.34. The minimum Gasteiger partial charge on any atom is -0.402 e. The van der Waals surface area contributed by atoms with Gasteiger partial charge in [0.25, 0.3) is 5.69 Å². The summed E-state index contributed by atoms with van der Waals surface area (Å²) in [7, 11) is 0. The van der Waals surface area contributed by atoms with Crippen molar-refractivity contribution >= 4 is 23.6 Å². The van der Waals surface area contributed by atoms with Gasteiger partial charge in [-0.05, 0) is 42.0 Å². The highest BCUT2D eigenvalue weighted by molar-refractivity contribution is 6.11. The number of esters is 1. The Hall–Kier alpha value is -3.61. The summed E-state index contributed by atoms with van der Waals surface area (Å²) in [5.74, 6) is -1.04. The first-order chi connectivity index (χ1) is 12.0. The minimum atomic E-state index is -0.632. The van der Waals surface area contributed by atoms with Crippen LogP contribution >= 0.6 is 0 Å². The van der Waals surface area contributed by atoms with Crippen molar-refractivity contribution in [3.05, 3.63) is 93.4 Å². The molecule has 0 atom stereocenters. The van der Waals surface area contributed by atoms with Crippen LogP contribution in [0.4, 0.5) is 10.1 Å². The Labute approximate surface area is 141 Å². The van der Waals surface area contributed by atoms with E-state index in [2.05, 4.69) is 4.99 Å². The molecule has 0 bridgehead atoms. The molecule has 0 amide bonds. The second kappa shape index (κ2) is 6.88. The molecule has 1 aliphatic heterocycles. The summed E-state index contributed by atoms with van der Waals surface area (Å²) in [6, 6.07) is 11.5. The van der Waals surface area contributed by atoms with Gasteiger partial charge in [-0.25, -0.2) is 14.2 Å². The van der Waals surface area contributed by atoms with Crippen LogP contribution in [0.5, 0.6) is 0 Å². The van der Waals surface area contributed by atoms with Crippen LogP contribution in [0.1, 0.15) is 11.1 Å². The number of nitro benzene ring substituents is 1. The Morgan fingerprint density at radius 2 is 1.92 bits per heavy atom. The van der Waals surface area contributed by atoms with Crippen molar-refractivity contribution in [3.63, 3.8) is 0 Å². The number of carbonyl (C=O) groups excluding carboxylic acids is 1. The minimum absolute atomic E-state index is 0.000731. The van der Waals surface area contributed by atoms with E-state index in [9.17, 15) is 19.3 Å². The van der Waals surface area contributed by atoms with Crippen LogP contribution in [0.2, 0.25) is 0 Å². The lowest BCUT2D eigenvalue weighted by atomic mass is 10.2. The molecule has 0 spiro atoms. The number of ether oxygens (including phenoxy) is 1. The predicted molar refractivity (Wildman–Crippen MR) is 89.2 cm³/mol. The lowest BCUT2D eigenvalue weighted by molar-refractivity contribution is -0.384. The van der Waals surface area contributed by atoms with E-state index in [1.807, 2.05) is 0 Å². The third-order valence-corrected chi connectivity index (χ3v) is 3.34. The van der Waals surface area contributed by atoms with Crippen molar-refractivity contribution in [2.45, 2.75) is 0 Å². The van der Waals surface area contributed by atoms with Crippen molar-refractivity contribution in [2.75, 3.05) is 0 Å². The number of benzene rings is 2. The highest BCUT2D eigenvalue weighted by atomic mass is 19.1. The summed E-state index contributed by atoms with van der Waals surface area (Å²) in [6.45, 7) is 0. The molecule has 3 rings (SSSR count). The number of non-ortho nitro benzene ring substituents is 1. The average Bonchev–Trinajstić information content (AvgIpc) is 2.96. The number of rotatable bonds is 4. The molecule has 0 radical (unpaired) electrons. The SMILES string of the molecule is O=C1OC(c2cccc(F)c2)=NC1=CC=Cc1ccc([N+](=O)[O-])cc1. The van der Waals surface area contributed by atoms with Gasteiger partial charge in [0.2, 0.25) is 5.90 Å². The van der Waals surface area contributed by atoms with E-state index in [1.165, 1.54) is 36.4 Å². The Kier molecular flexibility index (Phi) is 4.47. The fraction of sp³-hybridized carbons (Fsp3) is 0.